The van der Waals surface area contributed by atoms with Crippen LogP contribution in [0, 0.1) is 0 Å². The highest BCUT2D eigenvalue weighted by atomic mass is 16.5. The maximum Gasteiger partial charge on any atom is 0.348 e. The van der Waals surface area contributed by atoms with Crippen LogP contribution < -0.4 is 11.0 Å². The van der Waals surface area contributed by atoms with Gasteiger partial charge in [0.2, 0.25) is 0 Å². The summed E-state index contributed by atoms with van der Waals surface area (Å²) in [5.74, 6) is 0. The molecule has 0 bridgehead atoms. The number of hydrogen-bond donors (Lipinski definition) is 2. The minimum Gasteiger partial charge on any atom is -0.383 e. The van der Waals surface area contributed by atoms with Gasteiger partial charge in [0, 0.05) is 31.3 Å². The number of aromatic nitrogens is 4. The molecule has 0 aliphatic carbocycles. The molecular formula is C11H17N5O2. The molecule has 2 rings (SSSR count). The van der Waals surface area contributed by atoms with Crippen LogP contribution in [0.1, 0.15) is 12.6 Å². The van der Waals surface area contributed by atoms with Crippen LogP contribution in [0.4, 0.5) is 0 Å². The minimum absolute atomic E-state index is 0.209. The maximum atomic E-state index is 11.3. The van der Waals surface area contributed by atoms with E-state index >= 15 is 0 Å². The van der Waals surface area contributed by atoms with Gasteiger partial charge < -0.3 is 10.1 Å². The highest BCUT2D eigenvalue weighted by Gasteiger charge is 2.10. The fourth-order valence-corrected chi connectivity index (χ4v) is 1.89. The van der Waals surface area contributed by atoms with Gasteiger partial charge in [-0.2, -0.15) is 5.10 Å². The van der Waals surface area contributed by atoms with Gasteiger partial charge in [0.1, 0.15) is 6.33 Å². The molecular weight excluding hydrogens is 234 g/mol. The number of methoxy groups -OCH3 is 1. The van der Waals surface area contributed by atoms with Gasteiger partial charge in [-0.15, -0.1) is 0 Å². The van der Waals surface area contributed by atoms with Crippen molar-refractivity contribution in [2.24, 2.45) is 0 Å². The van der Waals surface area contributed by atoms with Gasteiger partial charge in [-0.1, -0.05) is 6.92 Å². The van der Waals surface area contributed by atoms with E-state index < -0.39 is 0 Å². The number of H-pyrrole nitrogens is 1. The van der Waals surface area contributed by atoms with Crippen LogP contribution in [-0.2, 0) is 11.2 Å². The molecule has 18 heavy (non-hydrogen) atoms. The van der Waals surface area contributed by atoms with Gasteiger partial charge in [-0.05, 0) is 6.54 Å². The van der Waals surface area contributed by atoms with Crippen LogP contribution in [0.15, 0.2) is 17.2 Å². The monoisotopic (exact) mass is 251 g/mol. The standard InChI is InChI=1S/C11H17N5O2/c1-3-12-9(6-18-2)4-8-5-10-14-15-11(17)16(10)7-13-8/h5,7,9,12H,3-4,6H2,1-2H3,(H,15,17). The molecule has 1 atom stereocenters. The van der Waals surface area contributed by atoms with Crippen molar-refractivity contribution in [1.29, 1.82) is 0 Å². The largest absolute Gasteiger partial charge is 0.383 e. The molecule has 98 valence electrons. The summed E-state index contributed by atoms with van der Waals surface area (Å²) in [6, 6.07) is 2.01. The van der Waals surface area contributed by atoms with Crippen LogP contribution in [0.2, 0.25) is 0 Å². The normalized spacial score (nSPS) is 13.0. The van der Waals surface area contributed by atoms with Crippen molar-refractivity contribution in [2.45, 2.75) is 19.4 Å². The topological polar surface area (TPSA) is 84.3 Å². The number of nitrogens with one attached hydrogen (secondary N) is 2. The van der Waals surface area contributed by atoms with Gasteiger partial charge in [0.25, 0.3) is 0 Å². The van der Waals surface area contributed by atoms with E-state index in [1.54, 1.807) is 13.2 Å². The van der Waals surface area contributed by atoms with E-state index in [1.807, 2.05) is 6.92 Å². The Labute approximate surface area is 104 Å². The summed E-state index contributed by atoms with van der Waals surface area (Å²) in [4.78, 5) is 15.5. The molecule has 0 spiro atoms. The molecule has 0 radical (unpaired) electrons. The Bertz CT molecular complexity index is 556. The molecule has 7 heteroatoms. The second-order valence-electron chi connectivity index (χ2n) is 4.05. The van der Waals surface area contributed by atoms with E-state index in [-0.39, 0.29) is 11.7 Å². The Morgan fingerprint density at radius 1 is 1.61 bits per heavy atom. The van der Waals surface area contributed by atoms with Crippen molar-refractivity contribution in [1.82, 2.24) is 24.9 Å². The third-order valence-corrected chi connectivity index (χ3v) is 2.68. The Morgan fingerprint density at radius 3 is 3.17 bits per heavy atom. The van der Waals surface area contributed by atoms with E-state index in [4.69, 9.17) is 4.74 Å². The van der Waals surface area contributed by atoms with E-state index in [0.717, 1.165) is 18.7 Å². The summed E-state index contributed by atoms with van der Waals surface area (Å²) >= 11 is 0. The second-order valence-corrected chi connectivity index (χ2v) is 4.05. The van der Waals surface area contributed by atoms with Crippen molar-refractivity contribution in [3.05, 3.63) is 28.6 Å². The van der Waals surface area contributed by atoms with Crippen molar-refractivity contribution < 1.29 is 4.74 Å². The van der Waals surface area contributed by atoms with E-state index in [9.17, 15) is 4.79 Å². The second kappa shape index (κ2) is 5.74. The van der Waals surface area contributed by atoms with Crippen LogP contribution in [0.25, 0.3) is 5.65 Å². The highest BCUT2D eigenvalue weighted by molar-refractivity contribution is 5.36. The number of hydrogen-bond acceptors (Lipinski definition) is 5. The lowest BCUT2D eigenvalue weighted by molar-refractivity contribution is 0.166. The molecule has 2 aromatic rings. The summed E-state index contributed by atoms with van der Waals surface area (Å²) in [5.41, 5.74) is 1.19. The molecule has 0 aliphatic heterocycles. The van der Waals surface area contributed by atoms with Crippen LogP contribution >= 0.6 is 0 Å². The Balaban J connectivity index is 2.17. The van der Waals surface area contributed by atoms with Crippen molar-refractivity contribution in [2.75, 3.05) is 20.3 Å². The molecule has 0 amide bonds. The minimum atomic E-state index is -0.274. The molecule has 7 nitrogen and oxygen atoms in total. The average molecular weight is 251 g/mol. The quantitative estimate of drug-likeness (QED) is 0.728. The summed E-state index contributed by atoms with van der Waals surface area (Å²) in [6.07, 6.45) is 2.23. The zero-order chi connectivity index (χ0) is 13.0. The zero-order valence-electron chi connectivity index (χ0n) is 10.5. The average Bonchev–Trinajstić information content (AvgIpc) is 2.71. The number of rotatable bonds is 6. The molecule has 2 aromatic heterocycles. The molecule has 0 saturated carbocycles. The number of fused-ring (bicyclic) bond motifs is 1. The summed E-state index contributed by atoms with van der Waals surface area (Å²) < 4.78 is 6.53. The Kier molecular flexibility index (Phi) is 4.06. The first-order valence-corrected chi connectivity index (χ1v) is 5.88. The Morgan fingerprint density at radius 2 is 2.44 bits per heavy atom. The van der Waals surface area contributed by atoms with Crippen LogP contribution in [0.5, 0.6) is 0 Å². The number of nitrogens with zero attached hydrogens (tertiary/aromatic N) is 3. The number of likely N-dealkylation sites (N-methyl/N-ethyl adjacent to an activating group) is 1. The van der Waals surface area contributed by atoms with Gasteiger partial charge >= 0.3 is 5.69 Å². The van der Waals surface area contributed by atoms with Gasteiger partial charge in [-0.25, -0.2) is 19.3 Å². The first-order valence-electron chi connectivity index (χ1n) is 5.88. The number of aromatic amines is 1. The van der Waals surface area contributed by atoms with E-state index in [2.05, 4.69) is 20.5 Å². The lowest BCUT2D eigenvalue weighted by Gasteiger charge is -2.16. The maximum absolute atomic E-state index is 11.3. The van der Waals surface area contributed by atoms with Crippen molar-refractivity contribution >= 4 is 5.65 Å². The van der Waals surface area contributed by atoms with Crippen LogP contribution in [-0.4, -0.2) is 45.9 Å². The van der Waals surface area contributed by atoms with E-state index in [1.165, 1.54) is 10.7 Å². The predicted molar refractivity (Wildman–Crippen MR) is 66.7 cm³/mol. The van der Waals surface area contributed by atoms with Gasteiger partial charge in [0.05, 0.1) is 6.61 Å². The fourth-order valence-electron chi connectivity index (χ4n) is 1.89. The molecule has 0 saturated heterocycles. The molecule has 1 unspecified atom stereocenters. The zero-order valence-corrected chi connectivity index (χ0v) is 10.5. The molecule has 0 aliphatic rings. The number of ether oxygens (including phenoxy) is 1. The van der Waals surface area contributed by atoms with Gasteiger partial charge in [-0.3, -0.25) is 0 Å². The summed E-state index contributed by atoms with van der Waals surface area (Å²) in [5, 5.41) is 9.62. The molecule has 0 aromatic carbocycles. The molecule has 2 N–H and O–H groups in total. The van der Waals surface area contributed by atoms with Gasteiger partial charge in [0.15, 0.2) is 5.65 Å². The highest BCUT2D eigenvalue weighted by Crippen LogP contribution is 2.03. The first kappa shape index (κ1) is 12.7. The lowest BCUT2D eigenvalue weighted by Crippen LogP contribution is -2.35. The van der Waals surface area contributed by atoms with Crippen LogP contribution in [0.3, 0.4) is 0 Å². The smallest absolute Gasteiger partial charge is 0.348 e. The SMILES string of the molecule is CCNC(COC)Cc1cc2n[nH]c(=O)n2cn1. The molecule has 2 heterocycles. The lowest BCUT2D eigenvalue weighted by atomic mass is 10.1. The summed E-state index contributed by atoms with van der Waals surface area (Å²) in [7, 11) is 1.67. The third-order valence-electron chi connectivity index (χ3n) is 2.68. The van der Waals surface area contributed by atoms with E-state index in [0.29, 0.717) is 12.3 Å². The first-order chi connectivity index (χ1) is 8.74. The van der Waals surface area contributed by atoms with Crippen molar-refractivity contribution in [3.63, 3.8) is 0 Å². The third kappa shape index (κ3) is 2.74. The predicted octanol–water partition coefficient (Wildman–Crippen LogP) is -0.415. The molecule has 0 fully saturated rings. The summed E-state index contributed by atoms with van der Waals surface area (Å²) in [6.45, 7) is 3.54. The Hall–Kier alpha value is -1.73. The van der Waals surface area contributed by atoms with Crippen molar-refractivity contribution in [3.8, 4) is 0 Å². The fraction of sp³-hybridized carbons (Fsp3) is 0.545.